The summed E-state index contributed by atoms with van der Waals surface area (Å²) in [5.74, 6) is -0.0280. The Labute approximate surface area is 106 Å². The second kappa shape index (κ2) is 6.12. The Morgan fingerprint density at radius 3 is 3.00 bits per heavy atom. The van der Waals surface area contributed by atoms with Crippen molar-refractivity contribution in [1.29, 1.82) is 0 Å². The lowest BCUT2D eigenvalue weighted by atomic mass is 10.1. The van der Waals surface area contributed by atoms with Crippen molar-refractivity contribution in [3.05, 3.63) is 36.7 Å². The van der Waals surface area contributed by atoms with Gasteiger partial charge in [0.15, 0.2) is 0 Å². The van der Waals surface area contributed by atoms with Gasteiger partial charge in [0, 0.05) is 30.8 Å². The van der Waals surface area contributed by atoms with Crippen LogP contribution in [0.4, 0.5) is 5.69 Å². The summed E-state index contributed by atoms with van der Waals surface area (Å²) in [6.45, 7) is 0.130. The summed E-state index contributed by atoms with van der Waals surface area (Å²) in [4.78, 5) is 15.8. The second-order valence-corrected chi connectivity index (χ2v) is 4.13. The number of aliphatic hydroxyl groups is 1. The number of unbranched alkanes of at least 4 members (excludes halogenated alkanes) is 1. The largest absolute Gasteiger partial charge is 0.396 e. The van der Waals surface area contributed by atoms with Crippen LogP contribution in [-0.4, -0.2) is 22.6 Å². The highest BCUT2D eigenvalue weighted by atomic mass is 16.2. The molecule has 18 heavy (non-hydrogen) atoms. The maximum absolute atomic E-state index is 11.7. The van der Waals surface area contributed by atoms with Gasteiger partial charge in [0.1, 0.15) is 0 Å². The number of anilines is 1. The number of rotatable bonds is 5. The zero-order valence-corrected chi connectivity index (χ0v) is 10.1. The number of nitrogens with one attached hydrogen (secondary N) is 1. The molecule has 2 rings (SSSR count). The van der Waals surface area contributed by atoms with E-state index >= 15 is 0 Å². The van der Waals surface area contributed by atoms with Gasteiger partial charge in [0.05, 0.1) is 5.69 Å². The number of hydrogen-bond acceptors (Lipinski definition) is 3. The van der Waals surface area contributed by atoms with E-state index in [-0.39, 0.29) is 12.5 Å². The molecule has 0 aliphatic rings. The van der Waals surface area contributed by atoms with E-state index in [2.05, 4.69) is 10.3 Å². The summed E-state index contributed by atoms with van der Waals surface area (Å²) in [6.07, 6.45) is 5.26. The fourth-order valence-electron chi connectivity index (χ4n) is 1.83. The normalized spacial score (nSPS) is 10.5. The monoisotopic (exact) mass is 244 g/mol. The molecule has 0 atom stereocenters. The Bertz CT molecular complexity index is 535. The molecule has 1 amide bonds. The minimum absolute atomic E-state index is 0.0280. The van der Waals surface area contributed by atoms with Crippen LogP contribution in [0.5, 0.6) is 0 Å². The molecular formula is C14H16N2O2. The molecule has 0 aliphatic carbocycles. The van der Waals surface area contributed by atoms with Crippen LogP contribution >= 0.6 is 0 Å². The van der Waals surface area contributed by atoms with Crippen LogP contribution in [0, 0.1) is 0 Å². The van der Waals surface area contributed by atoms with Gasteiger partial charge in [0.25, 0.3) is 0 Å². The maximum atomic E-state index is 11.7. The first-order valence-electron chi connectivity index (χ1n) is 6.05. The Balaban J connectivity index is 2.09. The minimum Gasteiger partial charge on any atom is -0.396 e. The number of nitrogens with zero attached hydrogens (tertiary/aromatic N) is 1. The summed E-state index contributed by atoms with van der Waals surface area (Å²) in [5.41, 5.74) is 0.787. The summed E-state index contributed by atoms with van der Waals surface area (Å²) < 4.78 is 0. The van der Waals surface area contributed by atoms with Gasteiger partial charge in [-0.2, -0.15) is 0 Å². The summed E-state index contributed by atoms with van der Waals surface area (Å²) in [7, 11) is 0. The number of carbonyl (C=O) groups is 1. The number of fused-ring (bicyclic) bond motifs is 1. The Morgan fingerprint density at radius 2 is 2.17 bits per heavy atom. The highest BCUT2D eigenvalue weighted by Gasteiger charge is 2.05. The molecular weight excluding hydrogens is 228 g/mol. The van der Waals surface area contributed by atoms with Gasteiger partial charge in [-0.15, -0.1) is 0 Å². The lowest BCUT2D eigenvalue weighted by Gasteiger charge is -2.08. The van der Waals surface area contributed by atoms with Gasteiger partial charge in [-0.3, -0.25) is 9.78 Å². The van der Waals surface area contributed by atoms with E-state index in [0.717, 1.165) is 16.5 Å². The standard InChI is InChI=1S/C14H16N2O2/c17-9-2-1-6-14(18)16-13-5-3-4-11-7-8-15-10-12(11)13/h3-5,7-8,10,17H,1-2,6,9H2,(H,16,18). The van der Waals surface area contributed by atoms with E-state index in [9.17, 15) is 4.79 Å². The zero-order valence-electron chi connectivity index (χ0n) is 10.1. The smallest absolute Gasteiger partial charge is 0.224 e. The molecule has 0 bridgehead atoms. The van der Waals surface area contributed by atoms with Crippen molar-refractivity contribution in [1.82, 2.24) is 4.98 Å². The van der Waals surface area contributed by atoms with Crippen LogP contribution in [0.3, 0.4) is 0 Å². The van der Waals surface area contributed by atoms with E-state index in [1.54, 1.807) is 12.4 Å². The average Bonchev–Trinajstić information content (AvgIpc) is 2.39. The van der Waals surface area contributed by atoms with E-state index in [1.165, 1.54) is 0 Å². The number of aromatic nitrogens is 1. The van der Waals surface area contributed by atoms with Crippen molar-refractivity contribution < 1.29 is 9.90 Å². The Kier molecular flexibility index (Phi) is 4.25. The molecule has 4 nitrogen and oxygen atoms in total. The number of carbonyl (C=O) groups excluding carboxylic acids is 1. The summed E-state index contributed by atoms with van der Waals surface area (Å²) in [5, 5.41) is 13.5. The lowest BCUT2D eigenvalue weighted by Crippen LogP contribution is -2.11. The maximum Gasteiger partial charge on any atom is 0.224 e. The first kappa shape index (κ1) is 12.5. The summed E-state index contributed by atoms with van der Waals surface area (Å²) >= 11 is 0. The predicted octanol–water partition coefficient (Wildman–Crippen LogP) is 2.34. The SMILES string of the molecule is O=C(CCCCO)Nc1cccc2ccncc12. The van der Waals surface area contributed by atoms with Crippen molar-refractivity contribution >= 4 is 22.4 Å². The number of benzene rings is 1. The molecule has 0 fully saturated rings. The molecule has 2 aromatic rings. The van der Waals surface area contributed by atoms with Crippen LogP contribution in [0.15, 0.2) is 36.7 Å². The van der Waals surface area contributed by atoms with Gasteiger partial charge in [-0.25, -0.2) is 0 Å². The third-order valence-electron chi connectivity index (χ3n) is 2.77. The van der Waals surface area contributed by atoms with Gasteiger partial charge in [-0.1, -0.05) is 12.1 Å². The molecule has 0 spiro atoms. The molecule has 0 saturated carbocycles. The van der Waals surface area contributed by atoms with Gasteiger partial charge in [0.2, 0.25) is 5.91 Å². The fraction of sp³-hybridized carbons (Fsp3) is 0.286. The van der Waals surface area contributed by atoms with E-state index in [4.69, 9.17) is 5.11 Å². The zero-order chi connectivity index (χ0) is 12.8. The lowest BCUT2D eigenvalue weighted by molar-refractivity contribution is -0.116. The molecule has 0 radical (unpaired) electrons. The summed E-state index contributed by atoms with van der Waals surface area (Å²) in [6, 6.07) is 7.68. The molecule has 0 saturated heterocycles. The first-order valence-corrected chi connectivity index (χ1v) is 6.05. The number of amides is 1. The quantitative estimate of drug-likeness (QED) is 0.793. The molecule has 4 heteroatoms. The number of pyridine rings is 1. The van der Waals surface area contributed by atoms with Crippen LogP contribution in [0.2, 0.25) is 0 Å². The molecule has 1 aromatic carbocycles. The highest BCUT2D eigenvalue weighted by molar-refractivity contribution is 6.01. The van der Waals surface area contributed by atoms with Gasteiger partial charge >= 0.3 is 0 Å². The molecule has 0 aliphatic heterocycles. The van der Waals surface area contributed by atoms with E-state index in [1.807, 2.05) is 24.3 Å². The van der Waals surface area contributed by atoms with Crippen molar-refractivity contribution in [2.45, 2.75) is 19.3 Å². The van der Waals surface area contributed by atoms with Crippen molar-refractivity contribution in [3.8, 4) is 0 Å². The predicted molar refractivity (Wildman–Crippen MR) is 71.3 cm³/mol. The molecule has 1 heterocycles. The van der Waals surface area contributed by atoms with Crippen molar-refractivity contribution in [2.75, 3.05) is 11.9 Å². The molecule has 2 N–H and O–H groups in total. The van der Waals surface area contributed by atoms with Crippen LogP contribution in [0.25, 0.3) is 10.8 Å². The fourth-order valence-corrected chi connectivity index (χ4v) is 1.83. The van der Waals surface area contributed by atoms with Gasteiger partial charge < -0.3 is 10.4 Å². The Hall–Kier alpha value is -1.94. The number of hydrogen-bond donors (Lipinski definition) is 2. The molecule has 0 unspecified atom stereocenters. The highest BCUT2D eigenvalue weighted by Crippen LogP contribution is 2.22. The Morgan fingerprint density at radius 1 is 1.28 bits per heavy atom. The topological polar surface area (TPSA) is 62.2 Å². The molecule has 94 valence electrons. The second-order valence-electron chi connectivity index (χ2n) is 4.13. The third-order valence-corrected chi connectivity index (χ3v) is 2.77. The van der Waals surface area contributed by atoms with Crippen LogP contribution in [0.1, 0.15) is 19.3 Å². The first-order chi connectivity index (χ1) is 8.81. The average molecular weight is 244 g/mol. The van der Waals surface area contributed by atoms with E-state index < -0.39 is 0 Å². The van der Waals surface area contributed by atoms with Crippen LogP contribution < -0.4 is 5.32 Å². The van der Waals surface area contributed by atoms with Crippen molar-refractivity contribution in [2.24, 2.45) is 0 Å². The van der Waals surface area contributed by atoms with Gasteiger partial charge in [-0.05, 0) is 30.4 Å². The van der Waals surface area contributed by atoms with E-state index in [0.29, 0.717) is 19.3 Å². The van der Waals surface area contributed by atoms with Crippen molar-refractivity contribution in [3.63, 3.8) is 0 Å². The molecule has 1 aromatic heterocycles. The number of aliphatic hydroxyl groups excluding tert-OH is 1. The third kappa shape index (κ3) is 3.05. The minimum atomic E-state index is -0.0280. The van der Waals surface area contributed by atoms with Crippen LogP contribution in [-0.2, 0) is 4.79 Å².